The summed E-state index contributed by atoms with van der Waals surface area (Å²) in [6.45, 7) is 2.66. The summed E-state index contributed by atoms with van der Waals surface area (Å²) < 4.78 is 13.0. The summed E-state index contributed by atoms with van der Waals surface area (Å²) in [5.41, 5.74) is 7.70. The highest BCUT2D eigenvalue weighted by Gasteiger charge is 2.02. The third kappa shape index (κ3) is 4.22. The molecule has 1 aromatic carbocycles. The number of halogens is 1. The Labute approximate surface area is 95.2 Å². The van der Waals surface area contributed by atoms with E-state index in [0.29, 0.717) is 6.54 Å². The maximum atomic E-state index is 13.0. The lowest BCUT2D eigenvalue weighted by Gasteiger charge is -2.07. The van der Waals surface area contributed by atoms with E-state index in [2.05, 4.69) is 6.92 Å². The summed E-state index contributed by atoms with van der Waals surface area (Å²) in [6, 6.07) is 4.86. The predicted molar refractivity (Wildman–Crippen MR) is 65.4 cm³/mol. The molecule has 0 radical (unpaired) electrons. The van der Waals surface area contributed by atoms with Crippen molar-refractivity contribution in [3.05, 3.63) is 35.1 Å². The number of benzene rings is 1. The van der Waals surface area contributed by atoms with E-state index in [-0.39, 0.29) is 5.82 Å². The second kappa shape index (κ2) is 6.85. The van der Waals surface area contributed by atoms with Gasteiger partial charge in [-0.2, -0.15) is 11.8 Å². The van der Waals surface area contributed by atoms with Gasteiger partial charge < -0.3 is 5.73 Å². The molecule has 0 bridgehead atoms. The van der Waals surface area contributed by atoms with E-state index in [0.717, 1.165) is 22.6 Å². The molecule has 1 nitrogen and oxygen atoms in total. The smallest absolute Gasteiger partial charge is 0.123 e. The van der Waals surface area contributed by atoms with E-state index in [1.807, 2.05) is 11.8 Å². The summed E-state index contributed by atoms with van der Waals surface area (Å²) in [5.74, 6) is 1.83. The molecule has 1 aromatic rings. The van der Waals surface area contributed by atoms with Crippen LogP contribution in [0.5, 0.6) is 0 Å². The summed E-state index contributed by atoms with van der Waals surface area (Å²) in [7, 11) is 0. The van der Waals surface area contributed by atoms with Crippen LogP contribution in [0.2, 0.25) is 0 Å². The molecular weight excluding hydrogens is 209 g/mol. The van der Waals surface area contributed by atoms with Crippen LogP contribution >= 0.6 is 11.8 Å². The van der Waals surface area contributed by atoms with Crippen molar-refractivity contribution in [2.75, 3.05) is 5.75 Å². The van der Waals surface area contributed by atoms with Crippen LogP contribution in [0.15, 0.2) is 18.2 Å². The van der Waals surface area contributed by atoms with Crippen LogP contribution in [0, 0.1) is 5.82 Å². The van der Waals surface area contributed by atoms with E-state index >= 15 is 0 Å². The van der Waals surface area contributed by atoms with E-state index in [9.17, 15) is 4.39 Å². The van der Waals surface area contributed by atoms with E-state index in [1.54, 1.807) is 12.1 Å². The van der Waals surface area contributed by atoms with Crippen molar-refractivity contribution < 1.29 is 4.39 Å². The minimum absolute atomic E-state index is 0.168. The summed E-state index contributed by atoms with van der Waals surface area (Å²) >= 11 is 1.85. The largest absolute Gasteiger partial charge is 0.326 e. The standard InChI is InChI=1S/C12H18FNS/c1-2-3-6-15-9-11-7-12(13)5-4-10(11)8-14/h4-5,7H,2-3,6,8-9,14H2,1H3. The number of thioether (sulfide) groups is 1. The average molecular weight is 227 g/mol. The molecule has 0 fully saturated rings. The van der Waals surface area contributed by atoms with Crippen molar-refractivity contribution in [1.29, 1.82) is 0 Å². The molecule has 15 heavy (non-hydrogen) atoms. The van der Waals surface area contributed by atoms with Gasteiger partial charge in [-0.3, -0.25) is 0 Å². The lowest BCUT2D eigenvalue weighted by atomic mass is 10.1. The van der Waals surface area contributed by atoms with Crippen LogP contribution in [0.25, 0.3) is 0 Å². The Kier molecular flexibility index (Phi) is 5.73. The molecule has 0 saturated heterocycles. The highest BCUT2D eigenvalue weighted by Crippen LogP contribution is 2.18. The second-order valence-electron chi connectivity index (χ2n) is 3.52. The SMILES string of the molecule is CCCCSCc1cc(F)ccc1CN. The van der Waals surface area contributed by atoms with Gasteiger partial charge in [0, 0.05) is 12.3 Å². The zero-order valence-corrected chi connectivity index (χ0v) is 9.95. The van der Waals surface area contributed by atoms with E-state index in [4.69, 9.17) is 5.73 Å². The Bertz CT molecular complexity index is 302. The first-order chi connectivity index (χ1) is 7.27. The van der Waals surface area contributed by atoms with Gasteiger partial charge >= 0.3 is 0 Å². The van der Waals surface area contributed by atoms with Gasteiger partial charge in [0.15, 0.2) is 0 Å². The quantitative estimate of drug-likeness (QED) is 0.754. The maximum Gasteiger partial charge on any atom is 0.123 e. The van der Waals surface area contributed by atoms with Gasteiger partial charge in [0.1, 0.15) is 5.82 Å². The van der Waals surface area contributed by atoms with Gasteiger partial charge in [0.2, 0.25) is 0 Å². The molecule has 0 aromatic heterocycles. The Hall–Kier alpha value is -0.540. The van der Waals surface area contributed by atoms with Gasteiger partial charge in [0.25, 0.3) is 0 Å². The lowest BCUT2D eigenvalue weighted by Crippen LogP contribution is -2.01. The van der Waals surface area contributed by atoms with Crippen LogP contribution in [-0.4, -0.2) is 5.75 Å². The van der Waals surface area contributed by atoms with Gasteiger partial charge in [-0.1, -0.05) is 19.4 Å². The summed E-state index contributed by atoms with van der Waals surface area (Å²) in [4.78, 5) is 0. The fourth-order valence-corrected chi connectivity index (χ4v) is 2.48. The van der Waals surface area contributed by atoms with Crippen molar-refractivity contribution in [3.8, 4) is 0 Å². The minimum Gasteiger partial charge on any atom is -0.326 e. The first kappa shape index (κ1) is 12.5. The zero-order chi connectivity index (χ0) is 11.1. The van der Waals surface area contributed by atoms with Crippen LogP contribution < -0.4 is 5.73 Å². The van der Waals surface area contributed by atoms with Crippen LogP contribution in [0.3, 0.4) is 0 Å². The molecule has 0 spiro atoms. The van der Waals surface area contributed by atoms with Gasteiger partial charge in [-0.15, -0.1) is 0 Å². The lowest BCUT2D eigenvalue weighted by molar-refractivity contribution is 0.625. The first-order valence-corrected chi connectivity index (χ1v) is 6.48. The van der Waals surface area contributed by atoms with Crippen molar-refractivity contribution >= 4 is 11.8 Å². The molecule has 0 amide bonds. The molecule has 2 N–H and O–H groups in total. The molecule has 0 unspecified atom stereocenters. The monoisotopic (exact) mass is 227 g/mol. The molecule has 1 rings (SSSR count). The maximum absolute atomic E-state index is 13.0. The Balaban J connectivity index is 2.54. The van der Waals surface area contributed by atoms with Crippen molar-refractivity contribution in [2.45, 2.75) is 32.1 Å². The Morgan fingerprint density at radius 2 is 2.13 bits per heavy atom. The van der Waals surface area contributed by atoms with Crippen molar-refractivity contribution in [2.24, 2.45) is 5.73 Å². The molecule has 0 atom stereocenters. The normalized spacial score (nSPS) is 10.6. The van der Waals surface area contributed by atoms with Crippen LogP contribution in [-0.2, 0) is 12.3 Å². The van der Waals surface area contributed by atoms with E-state index < -0.39 is 0 Å². The average Bonchev–Trinajstić information content (AvgIpc) is 2.25. The molecule has 0 aliphatic rings. The highest BCUT2D eigenvalue weighted by atomic mass is 32.2. The number of hydrogen-bond donors (Lipinski definition) is 1. The summed E-state index contributed by atoms with van der Waals surface area (Å²) in [5, 5.41) is 0. The van der Waals surface area contributed by atoms with Crippen molar-refractivity contribution in [3.63, 3.8) is 0 Å². The minimum atomic E-state index is -0.168. The number of nitrogens with two attached hydrogens (primary N) is 1. The first-order valence-electron chi connectivity index (χ1n) is 5.33. The molecule has 0 heterocycles. The highest BCUT2D eigenvalue weighted by molar-refractivity contribution is 7.98. The van der Waals surface area contributed by atoms with Crippen LogP contribution in [0.4, 0.5) is 4.39 Å². The molecular formula is C12H18FNS. The molecule has 3 heteroatoms. The van der Waals surface area contributed by atoms with Gasteiger partial charge in [0.05, 0.1) is 0 Å². The molecule has 84 valence electrons. The Morgan fingerprint density at radius 1 is 1.33 bits per heavy atom. The summed E-state index contributed by atoms with van der Waals surface area (Å²) in [6.07, 6.45) is 2.43. The van der Waals surface area contributed by atoms with Crippen molar-refractivity contribution in [1.82, 2.24) is 0 Å². The molecule has 0 aliphatic heterocycles. The fourth-order valence-electron chi connectivity index (χ4n) is 1.36. The number of rotatable bonds is 6. The van der Waals surface area contributed by atoms with Gasteiger partial charge in [-0.05, 0) is 35.4 Å². The third-order valence-electron chi connectivity index (χ3n) is 2.29. The van der Waals surface area contributed by atoms with E-state index in [1.165, 1.54) is 18.9 Å². The third-order valence-corrected chi connectivity index (χ3v) is 3.38. The number of unbranched alkanes of at least 4 members (excludes halogenated alkanes) is 1. The van der Waals surface area contributed by atoms with Crippen LogP contribution in [0.1, 0.15) is 30.9 Å². The fraction of sp³-hybridized carbons (Fsp3) is 0.500. The molecule has 0 saturated carbocycles. The Morgan fingerprint density at radius 3 is 2.80 bits per heavy atom. The zero-order valence-electron chi connectivity index (χ0n) is 9.13. The predicted octanol–water partition coefficient (Wildman–Crippen LogP) is 3.32. The second-order valence-corrected chi connectivity index (χ2v) is 4.63. The topological polar surface area (TPSA) is 26.0 Å². The molecule has 0 aliphatic carbocycles. The number of hydrogen-bond acceptors (Lipinski definition) is 2. The van der Waals surface area contributed by atoms with Gasteiger partial charge in [-0.25, -0.2) is 4.39 Å².